The molecule has 0 aromatic heterocycles. The predicted molar refractivity (Wildman–Crippen MR) is 128 cm³/mol. The van der Waals surface area contributed by atoms with Gasteiger partial charge in [-0.25, -0.2) is 8.78 Å². The number of halogens is 2. The third kappa shape index (κ3) is 4.02. The van der Waals surface area contributed by atoms with Crippen LogP contribution in [-0.4, -0.2) is 47.9 Å². The van der Waals surface area contributed by atoms with Gasteiger partial charge in [0.25, 0.3) is 5.91 Å². The van der Waals surface area contributed by atoms with Gasteiger partial charge in [0.2, 0.25) is 11.8 Å². The van der Waals surface area contributed by atoms with Crippen LogP contribution in [0.3, 0.4) is 0 Å². The van der Waals surface area contributed by atoms with E-state index in [-0.39, 0.29) is 36.2 Å². The van der Waals surface area contributed by atoms with E-state index in [1.807, 2.05) is 13.0 Å². The van der Waals surface area contributed by atoms with Crippen molar-refractivity contribution in [3.63, 3.8) is 0 Å². The van der Waals surface area contributed by atoms with E-state index < -0.39 is 23.2 Å². The molecular weight excluding hydrogens is 454 g/mol. The van der Waals surface area contributed by atoms with Crippen molar-refractivity contribution < 1.29 is 23.2 Å². The number of nitrogens with zero attached hydrogens (tertiary/aromatic N) is 3. The highest BCUT2D eigenvalue weighted by molar-refractivity contribution is 6.10. The zero-order chi connectivity index (χ0) is 24.7. The molecule has 1 unspecified atom stereocenters. The number of fused-ring (bicyclic) bond motifs is 3. The Morgan fingerprint density at radius 1 is 1.09 bits per heavy atom. The molecule has 9 heteroatoms. The molecule has 2 aromatic rings. The Morgan fingerprint density at radius 2 is 1.77 bits per heavy atom. The maximum atomic E-state index is 14.6. The maximum absolute atomic E-state index is 14.6. The van der Waals surface area contributed by atoms with Gasteiger partial charge in [-0.2, -0.15) is 0 Å². The van der Waals surface area contributed by atoms with Crippen LogP contribution in [0.15, 0.2) is 36.4 Å². The van der Waals surface area contributed by atoms with Crippen LogP contribution in [0.25, 0.3) is 0 Å². The molecule has 3 aliphatic rings. The summed E-state index contributed by atoms with van der Waals surface area (Å²) in [6.45, 7) is 3.37. The lowest BCUT2D eigenvalue weighted by atomic mass is 9.98. The van der Waals surface area contributed by atoms with E-state index in [1.165, 1.54) is 0 Å². The van der Waals surface area contributed by atoms with Crippen molar-refractivity contribution in [1.82, 2.24) is 4.90 Å². The SMILES string of the molecule is CC12CCC(=O)N1c1ccccc1C(=O)N2CCCC(=O)Nc1cc(F)c(N2CCCC2)c(F)c1. The summed E-state index contributed by atoms with van der Waals surface area (Å²) in [5, 5.41) is 2.56. The molecule has 7 nitrogen and oxygen atoms in total. The minimum absolute atomic E-state index is 0.0309. The molecule has 2 aromatic carbocycles. The molecule has 2 saturated heterocycles. The van der Waals surface area contributed by atoms with E-state index >= 15 is 0 Å². The first-order valence-corrected chi connectivity index (χ1v) is 12.1. The average Bonchev–Trinajstić information content (AvgIpc) is 3.44. The normalized spacial score (nSPS) is 21.4. The van der Waals surface area contributed by atoms with Gasteiger partial charge in [0.15, 0.2) is 11.6 Å². The number of carbonyl (C=O) groups is 3. The fraction of sp³-hybridized carbons (Fsp3) is 0.423. The summed E-state index contributed by atoms with van der Waals surface area (Å²) in [4.78, 5) is 43.5. The van der Waals surface area contributed by atoms with Crippen LogP contribution in [-0.2, 0) is 9.59 Å². The van der Waals surface area contributed by atoms with Crippen LogP contribution < -0.4 is 15.1 Å². The van der Waals surface area contributed by atoms with E-state index in [0.717, 1.165) is 25.0 Å². The summed E-state index contributed by atoms with van der Waals surface area (Å²) in [6, 6.07) is 9.34. The Morgan fingerprint density at radius 3 is 2.49 bits per heavy atom. The maximum Gasteiger partial charge on any atom is 0.257 e. The van der Waals surface area contributed by atoms with Gasteiger partial charge in [-0.05, 0) is 56.9 Å². The van der Waals surface area contributed by atoms with Crippen molar-refractivity contribution in [2.45, 2.75) is 51.1 Å². The van der Waals surface area contributed by atoms with Gasteiger partial charge in [-0.3, -0.25) is 19.3 Å². The van der Waals surface area contributed by atoms with E-state index in [4.69, 9.17) is 0 Å². The molecule has 35 heavy (non-hydrogen) atoms. The zero-order valence-electron chi connectivity index (χ0n) is 19.7. The Bertz CT molecular complexity index is 1170. The van der Waals surface area contributed by atoms with Crippen molar-refractivity contribution in [2.75, 3.05) is 34.8 Å². The number of hydrogen-bond donors (Lipinski definition) is 1. The number of para-hydroxylation sites is 1. The lowest BCUT2D eigenvalue weighted by Crippen LogP contribution is -2.62. The van der Waals surface area contributed by atoms with Crippen LogP contribution in [0.2, 0.25) is 0 Å². The van der Waals surface area contributed by atoms with Gasteiger partial charge < -0.3 is 15.1 Å². The van der Waals surface area contributed by atoms with E-state index in [2.05, 4.69) is 5.32 Å². The average molecular weight is 483 g/mol. The highest BCUT2D eigenvalue weighted by Crippen LogP contribution is 2.44. The molecule has 2 fully saturated rings. The van der Waals surface area contributed by atoms with Crippen molar-refractivity contribution in [3.05, 3.63) is 53.6 Å². The zero-order valence-corrected chi connectivity index (χ0v) is 19.7. The summed E-state index contributed by atoms with van der Waals surface area (Å²) in [6.07, 6.45) is 3.06. The van der Waals surface area contributed by atoms with Crippen molar-refractivity contribution in [3.8, 4) is 0 Å². The number of amides is 3. The summed E-state index contributed by atoms with van der Waals surface area (Å²) < 4.78 is 29.1. The standard InChI is InChI=1S/C26H28F2N4O3/c1-26-11-10-23(34)32(26)21-8-3-2-7-18(21)25(35)31(26)14-6-9-22(33)29-17-15-19(27)24(20(28)16-17)30-12-4-5-13-30/h2-3,7-8,15-16H,4-6,9-14H2,1H3,(H,29,33). The smallest absolute Gasteiger partial charge is 0.257 e. The minimum atomic E-state index is -0.781. The Balaban J connectivity index is 1.24. The molecule has 3 aliphatic heterocycles. The second-order valence-corrected chi connectivity index (χ2v) is 9.55. The molecule has 0 saturated carbocycles. The molecule has 1 atom stereocenters. The fourth-order valence-corrected chi connectivity index (χ4v) is 5.54. The highest BCUT2D eigenvalue weighted by Gasteiger charge is 2.52. The van der Waals surface area contributed by atoms with E-state index in [1.54, 1.807) is 32.9 Å². The number of anilines is 3. The van der Waals surface area contributed by atoms with Crippen LogP contribution in [0.5, 0.6) is 0 Å². The van der Waals surface area contributed by atoms with Crippen LogP contribution in [0.4, 0.5) is 25.8 Å². The molecule has 3 amide bonds. The first kappa shape index (κ1) is 23.3. The summed E-state index contributed by atoms with van der Waals surface area (Å²) in [7, 11) is 0. The predicted octanol–water partition coefficient (Wildman–Crippen LogP) is 4.28. The second-order valence-electron chi connectivity index (χ2n) is 9.55. The van der Waals surface area contributed by atoms with Gasteiger partial charge in [0.1, 0.15) is 11.4 Å². The lowest BCUT2D eigenvalue weighted by molar-refractivity contribution is -0.118. The molecule has 5 rings (SSSR count). The van der Waals surface area contributed by atoms with Crippen molar-refractivity contribution in [1.29, 1.82) is 0 Å². The molecule has 3 heterocycles. The van der Waals surface area contributed by atoms with Gasteiger partial charge in [0, 0.05) is 38.2 Å². The highest BCUT2D eigenvalue weighted by atomic mass is 19.1. The number of benzene rings is 2. The largest absolute Gasteiger partial charge is 0.367 e. The Kier molecular flexibility index (Phi) is 5.94. The molecule has 0 aliphatic carbocycles. The van der Waals surface area contributed by atoms with E-state index in [0.29, 0.717) is 43.6 Å². The van der Waals surface area contributed by atoms with Gasteiger partial charge >= 0.3 is 0 Å². The molecular formula is C26H28F2N4O3. The number of hydrogen-bond acceptors (Lipinski definition) is 4. The van der Waals surface area contributed by atoms with Crippen LogP contribution in [0, 0.1) is 11.6 Å². The van der Waals surface area contributed by atoms with Gasteiger partial charge in [0.05, 0.1) is 11.3 Å². The first-order valence-electron chi connectivity index (χ1n) is 12.1. The molecule has 184 valence electrons. The van der Waals surface area contributed by atoms with Gasteiger partial charge in [-0.15, -0.1) is 0 Å². The third-order valence-corrected chi connectivity index (χ3v) is 7.25. The molecule has 1 N–H and O–H groups in total. The fourth-order valence-electron chi connectivity index (χ4n) is 5.54. The number of nitrogens with one attached hydrogen (secondary N) is 1. The van der Waals surface area contributed by atoms with Crippen LogP contribution in [0.1, 0.15) is 55.8 Å². The third-order valence-electron chi connectivity index (χ3n) is 7.25. The van der Waals surface area contributed by atoms with Gasteiger partial charge in [-0.1, -0.05) is 12.1 Å². The topological polar surface area (TPSA) is 73.0 Å². The number of carbonyl (C=O) groups excluding carboxylic acids is 3. The number of rotatable bonds is 6. The summed E-state index contributed by atoms with van der Waals surface area (Å²) in [5.74, 6) is -1.99. The minimum Gasteiger partial charge on any atom is -0.367 e. The summed E-state index contributed by atoms with van der Waals surface area (Å²) >= 11 is 0. The summed E-state index contributed by atoms with van der Waals surface area (Å²) in [5.41, 5.74) is 0.326. The molecule has 0 radical (unpaired) electrons. The molecule has 0 bridgehead atoms. The Labute approximate surface area is 202 Å². The lowest BCUT2D eigenvalue weighted by Gasteiger charge is -2.48. The molecule has 0 spiro atoms. The van der Waals surface area contributed by atoms with Crippen molar-refractivity contribution >= 4 is 34.8 Å². The quantitative estimate of drug-likeness (QED) is 0.667. The van der Waals surface area contributed by atoms with E-state index in [9.17, 15) is 23.2 Å². The first-order chi connectivity index (χ1) is 16.8. The second kappa shape index (κ2) is 8.94. The monoisotopic (exact) mass is 482 g/mol. The Hall–Kier alpha value is -3.49. The van der Waals surface area contributed by atoms with Crippen molar-refractivity contribution in [2.24, 2.45) is 0 Å². The van der Waals surface area contributed by atoms with Crippen LogP contribution >= 0.6 is 0 Å².